The second-order valence-corrected chi connectivity index (χ2v) is 2.85. The van der Waals surface area contributed by atoms with Crippen molar-refractivity contribution in [1.29, 1.82) is 0 Å². The van der Waals surface area contributed by atoms with Crippen molar-refractivity contribution in [3.8, 4) is 5.75 Å². The molecule has 0 spiro atoms. The third-order valence-electron chi connectivity index (χ3n) is 1.57. The van der Waals surface area contributed by atoms with Gasteiger partial charge in [0.1, 0.15) is 5.75 Å². The minimum Gasteiger partial charge on any atom is -0.508 e. The topological polar surface area (TPSA) is 37.3 Å². The number of phenolic OH excluding ortho intramolecular Hbond substituents is 1. The number of phenols is 1. The number of carbonyl (C=O) groups is 1. The minimum absolute atomic E-state index is 0.0594. The van der Waals surface area contributed by atoms with Gasteiger partial charge < -0.3 is 5.11 Å². The average molecular weight is 185 g/mol. The first-order chi connectivity index (χ1) is 5.65. The van der Waals surface area contributed by atoms with E-state index in [0.717, 1.165) is 0 Å². The fraction of sp³-hybridized carbons (Fsp3) is 0.222. The lowest BCUT2D eigenvalue weighted by Crippen LogP contribution is -1.96. The van der Waals surface area contributed by atoms with Crippen LogP contribution in [0.4, 0.5) is 0 Å². The van der Waals surface area contributed by atoms with E-state index in [4.69, 9.17) is 16.7 Å². The Balaban J connectivity index is 3.13. The maximum atomic E-state index is 11.2. The monoisotopic (exact) mass is 184 g/mol. The van der Waals surface area contributed by atoms with Crippen LogP contribution >= 0.6 is 11.6 Å². The lowest BCUT2D eigenvalue weighted by molar-refractivity contribution is 0.0988. The van der Waals surface area contributed by atoms with Crippen molar-refractivity contribution in [2.24, 2.45) is 0 Å². The quantitative estimate of drug-likeness (QED) is 0.718. The summed E-state index contributed by atoms with van der Waals surface area (Å²) in [5.41, 5.74) is 0.388. The summed E-state index contributed by atoms with van der Waals surface area (Å²) in [6.07, 6.45) is 0.392. The third-order valence-corrected chi connectivity index (χ3v) is 1.90. The van der Waals surface area contributed by atoms with Crippen LogP contribution in [0, 0.1) is 0 Å². The normalized spacial score (nSPS) is 9.83. The van der Waals surface area contributed by atoms with Gasteiger partial charge in [-0.25, -0.2) is 0 Å². The predicted octanol–water partition coefficient (Wildman–Crippen LogP) is 2.64. The van der Waals surface area contributed by atoms with Crippen LogP contribution in [0.15, 0.2) is 18.2 Å². The third kappa shape index (κ3) is 1.77. The summed E-state index contributed by atoms with van der Waals surface area (Å²) in [7, 11) is 0. The van der Waals surface area contributed by atoms with Gasteiger partial charge in [0.05, 0.1) is 5.02 Å². The Morgan fingerprint density at radius 3 is 2.83 bits per heavy atom. The van der Waals surface area contributed by atoms with Gasteiger partial charge in [0.25, 0.3) is 0 Å². The van der Waals surface area contributed by atoms with Crippen LogP contribution in [-0.4, -0.2) is 10.9 Å². The first kappa shape index (κ1) is 9.07. The van der Waals surface area contributed by atoms with Gasteiger partial charge in [0.15, 0.2) is 5.78 Å². The molecule has 1 N–H and O–H groups in total. The molecule has 0 fully saturated rings. The first-order valence-corrected chi connectivity index (χ1v) is 4.04. The lowest BCUT2D eigenvalue weighted by Gasteiger charge is -2.01. The Kier molecular flexibility index (Phi) is 2.71. The van der Waals surface area contributed by atoms with Gasteiger partial charge in [-0.15, -0.1) is 0 Å². The number of Topliss-reactive ketones (excluding diaryl/α,β-unsaturated/α-hetero) is 1. The van der Waals surface area contributed by atoms with Crippen molar-refractivity contribution in [3.63, 3.8) is 0 Å². The number of hydrogen-bond donors (Lipinski definition) is 1. The van der Waals surface area contributed by atoms with E-state index in [9.17, 15) is 4.79 Å². The van der Waals surface area contributed by atoms with E-state index < -0.39 is 0 Å². The Bertz CT molecular complexity index is 307. The van der Waals surface area contributed by atoms with E-state index in [0.29, 0.717) is 17.0 Å². The zero-order chi connectivity index (χ0) is 9.14. The number of halogens is 1. The molecule has 3 heteroatoms. The highest BCUT2D eigenvalue weighted by Crippen LogP contribution is 2.22. The molecule has 1 aromatic carbocycles. The Morgan fingerprint density at radius 2 is 2.25 bits per heavy atom. The lowest BCUT2D eigenvalue weighted by atomic mass is 10.1. The van der Waals surface area contributed by atoms with E-state index in [2.05, 4.69) is 0 Å². The zero-order valence-electron chi connectivity index (χ0n) is 6.67. The molecular weight excluding hydrogens is 176 g/mol. The van der Waals surface area contributed by atoms with Gasteiger partial charge in [-0.3, -0.25) is 4.79 Å². The molecule has 1 rings (SSSR count). The highest BCUT2D eigenvalue weighted by Gasteiger charge is 2.08. The van der Waals surface area contributed by atoms with Crippen molar-refractivity contribution in [1.82, 2.24) is 0 Å². The highest BCUT2D eigenvalue weighted by molar-refractivity contribution is 6.34. The molecule has 0 amide bonds. The number of benzene rings is 1. The van der Waals surface area contributed by atoms with Crippen molar-refractivity contribution in [2.45, 2.75) is 13.3 Å². The fourth-order valence-corrected chi connectivity index (χ4v) is 1.14. The van der Waals surface area contributed by atoms with E-state index in [1.807, 2.05) is 0 Å². The van der Waals surface area contributed by atoms with Crippen LogP contribution in [0.5, 0.6) is 5.75 Å². The molecule has 0 radical (unpaired) electrons. The zero-order valence-corrected chi connectivity index (χ0v) is 7.43. The largest absolute Gasteiger partial charge is 0.508 e. The molecule has 0 atom stereocenters. The molecule has 1 aromatic rings. The number of hydrogen-bond acceptors (Lipinski definition) is 2. The molecule has 2 nitrogen and oxygen atoms in total. The molecule has 0 heterocycles. The molecule has 0 aliphatic rings. The Labute approximate surface area is 75.8 Å². The van der Waals surface area contributed by atoms with Crippen LogP contribution < -0.4 is 0 Å². The van der Waals surface area contributed by atoms with Crippen molar-refractivity contribution >= 4 is 17.4 Å². The SMILES string of the molecule is CCC(=O)c1cc(O)ccc1Cl. The van der Waals surface area contributed by atoms with Crippen molar-refractivity contribution in [2.75, 3.05) is 0 Å². The van der Waals surface area contributed by atoms with Crippen molar-refractivity contribution < 1.29 is 9.90 Å². The summed E-state index contributed by atoms with van der Waals surface area (Å²) in [4.78, 5) is 11.2. The molecule has 0 aliphatic heterocycles. The van der Waals surface area contributed by atoms with Gasteiger partial charge >= 0.3 is 0 Å². The summed E-state index contributed by atoms with van der Waals surface area (Å²) in [6.45, 7) is 1.75. The van der Waals surface area contributed by atoms with Crippen LogP contribution in [0.25, 0.3) is 0 Å². The summed E-state index contributed by atoms with van der Waals surface area (Å²) in [6, 6.07) is 4.35. The maximum absolute atomic E-state index is 11.2. The number of ketones is 1. The van der Waals surface area contributed by atoms with Gasteiger partial charge in [0, 0.05) is 12.0 Å². The molecule has 64 valence electrons. The fourth-order valence-electron chi connectivity index (χ4n) is 0.917. The van der Waals surface area contributed by atoms with Gasteiger partial charge in [0.2, 0.25) is 0 Å². The second-order valence-electron chi connectivity index (χ2n) is 2.44. The van der Waals surface area contributed by atoms with Crippen LogP contribution in [0.3, 0.4) is 0 Å². The second kappa shape index (κ2) is 3.59. The van der Waals surface area contributed by atoms with E-state index in [1.54, 1.807) is 6.92 Å². The van der Waals surface area contributed by atoms with Gasteiger partial charge in [-0.1, -0.05) is 18.5 Å². The van der Waals surface area contributed by atoms with Crippen LogP contribution in [0.2, 0.25) is 5.02 Å². The van der Waals surface area contributed by atoms with E-state index in [-0.39, 0.29) is 11.5 Å². The van der Waals surface area contributed by atoms with Gasteiger partial charge in [-0.05, 0) is 18.2 Å². The van der Waals surface area contributed by atoms with E-state index in [1.165, 1.54) is 18.2 Å². The highest BCUT2D eigenvalue weighted by atomic mass is 35.5. The summed E-state index contributed by atoms with van der Waals surface area (Å²) in [5, 5.41) is 9.46. The standard InChI is InChI=1S/C9H9ClO2/c1-2-9(12)7-5-6(11)3-4-8(7)10/h3-5,11H,2H2,1H3. The molecule has 0 unspecified atom stereocenters. The molecule has 0 aliphatic carbocycles. The molecule has 0 bridgehead atoms. The maximum Gasteiger partial charge on any atom is 0.164 e. The molecular formula is C9H9ClO2. The Hall–Kier alpha value is -1.02. The summed E-state index contributed by atoms with van der Waals surface area (Å²) in [5.74, 6) is 0.00657. The van der Waals surface area contributed by atoms with E-state index >= 15 is 0 Å². The van der Waals surface area contributed by atoms with Gasteiger partial charge in [-0.2, -0.15) is 0 Å². The summed E-state index contributed by atoms with van der Waals surface area (Å²) < 4.78 is 0. The van der Waals surface area contributed by atoms with Crippen LogP contribution in [0.1, 0.15) is 23.7 Å². The van der Waals surface area contributed by atoms with Crippen LogP contribution in [-0.2, 0) is 0 Å². The molecule has 0 saturated carbocycles. The Morgan fingerprint density at radius 1 is 1.58 bits per heavy atom. The van der Waals surface area contributed by atoms with Crippen molar-refractivity contribution in [3.05, 3.63) is 28.8 Å². The summed E-state index contributed by atoms with van der Waals surface area (Å²) >= 11 is 5.74. The smallest absolute Gasteiger partial charge is 0.164 e. The predicted molar refractivity (Wildman–Crippen MR) is 47.7 cm³/mol. The number of carbonyl (C=O) groups excluding carboxylic acids is 1. The minimum atomic E-state index is -0.0594. The average Bonchev–Trinajstić information content (AvgIpc) is 2.08. The first-order valence-electron chi connectivity index (χ1n) is 3.67. The number of rotatable bonds is 2. The molecule has 0 aromatic heterocycles. The molecule has 0 saturated heterocycles. The number of aromatic hydroxyl groups is 1. The molecule has 12 heavy (non-hydrogen) atoms.